The third-order valence-corrected chi connectivity index (χ3v) is 9.15. The fourth-order valence-corrected chi connectivity index (χ4v) is 6.80. The van der Waals surface area contributed by atoms with Crippen LogP contribution in [-0.2, 0) is 25.5 Å². The van der Waals surface area contributed by atoms with E-state index in [1.807, 2.05) is 30.3 Å². The van der Waals surface area contributed by atoms with Gasteiger partial charge in [-0.1, -0.05) is 74.6 Å². The molecule has 10 nitrogen and oxygen atoms in total. The van der Waals surface area contributed by atoms with Crippen LogP contribution in [-0.4, -0.2) is 58.3 Å². The SMILES string of the molecule is NN1C(=O)C(=O)N2CCCC2OC(=O)C(N(C(=O)c2cccc(Oc3ccccc3)c2)C2CCCCCCC2)Cc2ccccc21. The van der Waals surface area contributed by atoms with Crippen molar-refractivity contribution in [1.82, 2.24) is 9.80 Å². The van der Waals surface area contributed by atoms with E-state index in [2.05, 4.69) is 0 Å². The van der Waals surface area contributed by atoms with Crippen LogP contribution in [0.3, 0.4) is 0 Å². The zero-order valence-electron chi connectivity index (χ0n) is 25.9. The molecular weight excluding hydrogens is 584 g/mol. The summed E-state index contributed by atoms with van der Waals surface area (Å²) >= 11 is 0. The number of carbonyl (C=O) groups is 4. The average molecular weight is 625 g/mol. The van der Waals surface area contributed by atoms with Crippen LogP contribution in [0.25, 0.3) is 0 Å². The maximum absolute atomic E-state index is 14.7. The Hall–Kier alpha value is -4.70. The summed E-state index contributed by atoms with van der Waals surface area (Å²) in [5, 5.41) is 0.853. The molecule has 1 saturated carbocycles. The zero-order chi connectivity index (χ0) is 32.0. The van der Waals surface area contributed by atoms with Crippen molar-refractivity contribution in [2.75, 3.05) is 11.6 Å². The van der Waals surface area contributed by atoms with Gasteiger partial charge in [0.2, 0.25) is 0 Å². The Kier molecular flexibility index (Phi) is 9.63. The molecule has 2 fully saturated rings. The summed E-state index contributed by atoms with van der Waals surface area (Å²) in [6, 6.07) is 22.0. The molecule has 3 aliphatic rings. The molecule has 46 heavy (non-hydrogen) atoms. The number of nitrogens with two attached hydrogens (primary N) is 1. The zero-order valence-corrected chi connectivity index (χ0v) is 25.9. The summed E-state index contributed by atoms with van der Waals surface area (Å²) in [4.78, 5) is 58.6. The number of para-hydroxylation sites is 2. The highest BCUT2D eigenvalue weighted by Crippen LogP contribution is 2.32. The fourth-order valence-electron chi connectivity index (χ4n) is 6.80. The van der Waals surface area contributed by atoms with Crippen molar-refractivity contribution in [3.63, 3.8) is 0 Å². The molecule has 3 amide bonds. The molecule has 2 heterocycles. The second kappa shape index (κ2) is 14.2. The predicted octanol–water partition coefficient (Wildman–Crippen LogP) is 5.36. The molecule has 0 aromatic heterocycles. The Morgan fingerprint density at radius 2 is 1.48 bits per heavy atom. The smallest absolute Gasteiger partial charge is 0.331 e. The number of nitrogens with zero attached hydrogens (tertiary/aromatic N) is 3. The Morgan fingerprint density at radius 1 is 0.783 bits per heavy atom. The number of hydrogen-bond acceptors (Lipinski definition) is 7. The number of ether oxygens (including phenoxy) is 2. The van der Waals surface area contributed by atoms with Gasteiger partial charge >= 0.3 is 17.8 Å². The Morgan fingerprint density at radius 3 is 2.26 bits per heavy atom. The number of rotatable bonds is 5. The number of hydrogen-bond donors (Lipinski definition) is 1. The number of amides is 3. The monoisotopic (exact) mass is 624 g/mol. The van der Waals surface area contributed by atoms with E-state index in [0.717, 1.165) is 50.0 Å². The van der Waals surface area contributed by atoms with E-state index in [9.17, 15) is 19.2 Å². The standard InChI is InChI=1S/C36H40N4O6/c37-40-30-20-10-9-13-25(30)24-31(36(44)46-32-21-12-22-38(32)34(42)35(40)43)39(27-15-5-2-1-3-6-16-27)33(41)26-14-11-19-29(23-26)45-28-17-7-4-8-18-28/h4,7-11,13-14,17-20,23,27,31-32H,1-3,5-6,12,15-16,21-22,24,37H2. The summed E-state index contributed by atoms with van der Waals surface area (Å²) in [5.74, 6) is 4.79. The lowest BCUT2D eigenvalue weighted by molar-refractivity contribution is -0.168. The van der Waals surface area contributed by atoms with Crippen LogP contribution in [0, 0.1) is 0 Å². The van der Waals surface area contributed by atoms with Crippen LogP contribution in [0.2, 0.25) is 0 Å². The molecule has 10 heteroatoms. The number of hydrazine groups is 1. The van der Waals surface area contributed by atoms with Gasteiger partial charge in [-0.2, -0.15) is 0 Å². The molecule has 1 saturated heterocycles. The number of benzene rings is 3. The number of carbonyl (C=O) groups excluding carboxylic acids is 4. The molecule has 2 aliphatic heterocycles. The maximum atomic E-state index is 14.7. The summed E-state index contributed by atoms with van der Waals surface area (Å²) in [7, 11) is 0. The van der Waals surface area contributed by atoms with Gasteiger partial charge in [-0.15, -0.1) is 0 Å². The van der Waals surface area contributed by atoms with Crippen molar-refractivity contribution in [3.8, 4) is 11.5 Å². The number of fused-ring (bicyclic) bond motifs is 2. The molecule has 2 atom stereocenters. The lowest BCUT2D eigenvalue weighted by atomic mass is 9.92. The topological polar surface area (TPSA) is 122 Å². The molecule has 0 spiro atoms. The first-order valence-electron chi connectivity index (χ1n) is 16.2. The van der Waals surface area contributed by atoms with Crippen molar-refractivity contribution in [3.05, 3.63) is 90.0 Å². The van der Waals surface area contributed by atoms with Gasteiger partial charge in [0.25, 0.3) is 5.91 Å². The van der Waals surface area contributed by atoms with Crippen LogP contribution in [0.4, 0.5) is 5.69 Å². The van der Waals surface area contributed by atoms with E-state index in [-0.39, 0.29) is 24.9 Å². The van der Waals surface area contributed by atoms with Crippen LogP contribution < -0.4 is 15.6 Å². The van der Waals surface area contributed by atoms with E-state index in [1.165, 1.54) is 4.90 Å². The second-order valence-corrected chi connectivity index (χ2v) is 12.2. The predicted molar refractivity (Wildman–Crippen MR) is 172 cm³/mol. The van der Waals surface area contributed by atoms with Gasteiger partial charge in [-0.3, -0.25) is 19.3 Å². The molecule has 2 unspecified atom stereocenters. The lowest BCUT2D eigenvalue weighted by Gasteiger charge is -2.39. The molecule has 6 rings (SSSR count). The third-order valence-electron chi connectivity index (χ3n) is 9.15. The highest BCUT2D eigenvalue weighted by Gasteiger charge is 2.43. The molecule has 0 radical (unpaired) electrons. The van der Waals surface area contributed by atoms with Crippen molar-refractivity contribution in [1.29, 1.82) is 0 Å². The highest BCUT2D eigenvalue weighted by atomic mass is 16.6. The van der Waals surface area contributed by atoms with E-state index >= 15 is 0 Å². The van der Waals surface area contributed by atoms with E-state index < -0.39 is 30.1 Å². The van der Waals surface area contributed by atoms with Crippen LogP contribution in [0.15, 0.2) is 78.9 Å². The summed E-state index contributed by atoms with van der Waals surface area (Å²) in [5.41, 5.74) is 1.25. The summed E-state index contributed by atoms with van der Waals surface area (Å²) in [6.07, 6.45) is 6.70. The van der Waals surface area contributed by atoms with Crippen molar-refractivity contribution in [2.45, 2.75) is 82.5 Å². The highest BCUT2D eigenvalue weighted by molar-refractivity contribution is 6.40. The molecule has 3 aromatic rings. The lowest BCUT2D eigenvalue weighted by Crippen LogP contribution is -2.54. The number of esters is 1. The Labute approximate surface area is 269 Å². The van der Waals surface area contributed by atoms with Gasteiger partial charge < -0.3 is 14.4 Å². The van der Waals surface area contributed by atoms with Gasteiger partial charge in [0.15, 0.2) is 6.23 Å². The normalized spacial score (nSPS) is 21.3. The van der Waals surface area contributed by atoms with Crippen molar-refractivity contribution < 1.29 is 28.7 Å². The van der Waals surface area contributed by atoms with E-state index in [4.69, 9.17) is 15.3 Å². The molecule has 1 aliphatic carbocycles. The summed E-state index contributed by atoms with van der Waals surface area (Å²) < 4.78 is 12.1. The largest absolute Gasteiger partial charge is 0.457 e. The van der Waals surface area contributed by atoms with Gasteiger partial charge in [-0.05, 0) is 61.2 Å². The van der Waals surface area contributed by atoms with Gasteiger partial charge in [-0.25, -0.2) is 15.6 Å². The van der Waals surface area contributed by atoms with Crippen molar-refractivity contribution >= 4 is 29.4 Å². The maximum Gasteiger partial charge on any atom is 0.331 e. The van der Waals surface area contributed by atoms with Crippen LogP contribution in [0.1, 0.15) is 73.7 Å². The average Bonchev–Trinajstić information content (AvgIpc) is 3.52. The first-order chi connectivity index (χ1) is 22.4. The summed E-state index contributed by atoms with van der Waals surface area (Å²) in [6.45, 7) is 0.266. The molecule has 240 valence electrons. The minimum absolute atomic E-state index is 0.0549. The Balaban J connectivity index is 1.42. The van der Waals surface area contributed by atoms with Crippen LogP contribution in [0.5, 0.6) is 11.5 Å². The Bertz CT molecular complexity index is 1570. The quantitative estimate of drug-likeness (QED) is 0.176. The fraction of sp³-hybridized carbons (Fsp3) is 0.389. The second-order valence-electron chi connectivity index (χ2n) is 12.2. The van der Waals surface area contributed by atoms with Crippen LogP contribution >= 0.6 is 0 Å². The molecule has 0 bridgehead atoms. The molecule has 2 N–H and O–H groups in total. The van der Waals surface area contributed by atoms with E-state index in [1.54, 1.807) is 53.4 Å². The third kappa shape index (κ3) is 6.77. The first kappa shape index (κ1) is 31.3. The number of anilines is 1. The van der Waals surface area contributed by atoms with Gasteiger partial charge in [0.05, 0.1) is 5.69 Å². The van der Waals surface area contributed by atoms with Gasteiger partial charge in [0.1, 0.15) is 17.5 Å². The van der Waals surface area contributed by atoms with E-state index in [0.29, 0.717) is 41.2 Å². The molecule has 3 aromatic carbocycles. The minimum Gasteiger partial charge on any atom is -0.457 e. The first-order valence-corrected chi connectivity index (χ1v) is 16.2. The van der Waals surface area contributed by atoms with Gasteiger partial charge in [0, 0.05) is 31.0 Å². The molecular formula is C36H40N4O6. The van der Waals surface area contributed by atoms with Crippen molar-refractivity contribution in [2.24, 2.45) is 5.84 Å². The minimum atomic E-state index is -1.03.